The Hall–Kier alpha value is -5.28. The molecule has 0 bridgehead atoms. The number of hydrogen-bond acceptors (Lipinski definition) is 14. The second-order valence-corrected chi connectivity index (χ2v) is 10.2. The molecule has 5 rings (SSSR count). The van der Waals surface area contributed by atoms with E-state index in [4.69, 9.17) is 28.1 Å². The minimum absolute atomic E-state index is 0.00274. The van der Waals surface area contributed by atoms with Gasteiger partial charge in [0.1, 0.15) is 53.5 Å². The van der Waals surface area contributed by atoms with E-state index in [0.717, 1.165) is 12.1 Å². The first-order chi connectivity index (χ1) is 22.0. The predicted molar refractivity (Wildman–Crippen MR) is 160 cm³/mol. The number of aliphatic hydroxyl groups excluding tert-OH is 3. The Labute approximate surface area is 260 Å². The van der Waals surface area contributed by atoms with Crippen LogP contribution in [0.5, 0.6) is 34.5 Å². The van der Waals surface area contributed by atoms with E-state index in [2.05, 4.69) is 0 Å². The van der Waals surface area contributed by atoms with E-state index in [1.165, 1.54) is 68.8 Å². The normalized spacial score (nSPS) is 21.3. The summed E-state index contributed by atoms with van der Waals surface area (Å²) in [5.74, 6) is -1.80. The molecule has 0 unspecified atom stereocenters. The summed E-state index contributed by atoms with van der Waals surface area (Å²) < 4.78 is 32.7. The van der Waals surface area contributed by atoms with E-state index in [-0.39, 0.29) is 45.5 Å². The van der Waals surface area contributed by atoms with Gasteiger partial charge in [-0.05, 0) is 48.0 Å². The van der Waals surface area contributed by atoms with Crippen molar-refractivity contribution in [2.24, 2.45) is 0 Å². The smallest absolute Gasteiger partial charge is 0.330 e. The third kappa shape index (κ3) is 6.55. The molecule has 1 aliphatic rings. The van der Waals surface area contributed by atoms with Gasteiger partial charge < -0.3 is 58.7 Å². The van der Waals surface area contributed by atoms with Gasteiger partial charge in [0.15, 0.2) is 28.4 Å². The highest BCUT2D eigenvalue weighted by Crippen LogP contribution is 2.43. The maximum atomic E-state index is 12.9. The first-order valence-electron chi connectivity index (χ1n) is 13.8. The molecule has 1 aromatic heterocycles. The Morgan fingerprint density at radius 1 is 0.891 bits per heavy atom. The summed E-state index contributed by atoms with van der Waals surface area (Å²) in [6.45, 7) is -0.558. The number of carbonyl (C=O) groups excluding carboxylic acids is 1. The third-order valence-corrected chi connectivity index (χ3v) is 7.19. The van der Waals surface area contributed by atoms with Crippen LogP contribution in [0, 0.1) is 0 Å². The second kappa shape index (κ2) is 13.4. The number of phenols is 3. The van der Waals surface area contributed by atoms with Crippen LogP contribution in [0.2, 0.25) is 0 Å². The number of hydrogen-bond donors (Lipinski definition) is 6. The van der Waals surface area contributed by atoms with E-state index < -0.39 is 54.5 Å². The van der Waals surface area contributed by atoms with E-state index in [9.17, 15) is 40.2 Å². The molecular formula is C32H30O14. The number of methoxy groups -OCH3 is 2. The molecule has 14 heteroatoms. The highest BCUT2D eigenvalue weighted by Gasteiger charge is 2.46. The fourth-order valence-corrected chi connectivity index (χ4v) is 4.77. The maximum Gasteiger partial charge on any atom is 0.330 e. The van der Waals surface area contributed by atoms with Gasteiger partial charge in [0.05, 0.1) is 14.2 Å². The molecule has 0 aliphatic carbocycles. The van der Waals surface area contributed by atoms with Crippen molar-refractivity contribution in [1.82, 2.24) is 0 Å². The van der Waals surface area contributed by atoms with Gasteiger partial charge in [0, 0.05) is 23.8 Å². The van der Waals surface area contributed by atoms with Gasteiger partial charge in [-0.2, -0.15) is 0 Å². The molecule has 4 aromatic rings. The SMILES string of the molecule is COc1cc(/C=C/C(=O)OC[C@H]2O[C@@H](Oc3cc4oc(-c5ccc(O)cc5)cc(=O)c4c(O)c3OC)[C@H](O)[C@@H](O)[C@@H]2O)ccc1O. The van der Waals surface area contributed by atoms with Crippen molar-refractivity contribution < 1.29 is 63.5 Å². The fraction of sp³-hybridized carbons (Fsp3) is 0.250. The van der Waals surface area contributed by atoms with Crippen LogP contribution < -0.4 is 19.6 Å². The van der Waals surface area contributed by atoms with Crippen LogP contribution in [0.4, 0.5) is 0 Å². The largest absolute Gasteiger partial charge is 0.508 e. The second-order valence-electron chi connectivity index (χ2n) is 10.2. The molecule has 6 N–H and O–H groups in total. The molecule has 1 saturated heterocycles. The van der Waals surface area contributed by atoms with Gasteiger partial charge in [-0.1, -0.05) is 6.07 Å². The van der Waals surface area contributed by atoms with Crippen molar-refractivity contribution in [2.75, 3.05) is 20.8 Å². The molecule has 3 aromatic carbocycles. The van der Waals surface area contributed by atoms with Crippen molar-refractivity contribution in [1.29, 1.82) is 0 Å². The Bertz CT molecular complexity index is 1810. The number of aromatic hydroxyl groups is 3. The number of aliphatic hydroxyl groups is 3. The summed E-state index contributed by atoms with van der Waals surface area (Å²) in [6, 6.07) is 12.6. The summed E-state index contributed by atoms with van der Waals surface area (Å²) in [5.41, 5.74) is 0.233. The highest BCUT2D eigenvalue weighted by molar-refractivity contribution is 5.89. The van der Waals surface area contributed by atoms with Crippen molar-refractivity contribution in [2.45, 2.75) is 30.7 Å². The van der Waals surface area contributed by atoms with Crippen LogP contribution in [0.3, 0.4) is 0 Å². The molecule has 2 heterocycles. The third-order valence-electron chi connectivity index (χ3n) is 7.19. The van der Waals surface area contributed by atoms with Gasteiger partial charge in [-0.15, -0.1) is 0 Å². The summed E-state index contributed by atoms with van der Waals surface area (Å²) in [6.07, 6.45) is -5.87. The minimum atomic E-state index is -1.82. The zero-order valence-electron chi connectivity index (χ0n) is 24.4. The zero-order valence-corrected chi connectivity index (χ0v) is 24.4. The Morgan fingerprint density at radius 2 is 1.63 bits per heavy atom. The number of esters is 1. The summed E-state index contributed by atoms with van der Waals surface area (Å²) in [4.78, 5) is 25.3. The first-order valence-corrected chi connectivity index (χ1v) is 13.8. The van der Waals surface area contributed by atoms with Crippen molar-refractivity contribution in [3.05, 3.63) is 76.5 Å². The standard InChI is InChI=1S/C32H30O14/c1-41-21-11-15(3-9-18(21)34)4-10-25(36)43-14-24-27(37)29(39)30(40)32(46-24)45-23-13-22-26(28(38)31(23)42-2)19(35)12-20(44-22)16-5-7-17(33)8-6-16/h3-13,24,27,29-30,32-34,37-40H,14H2,1-2H3/b10-4+/t24-,27-,29+,30-,32-/m1/s1. The predicted octanol–water partition coefficient (Wildman–Crippen LogP) is 2.04. The first kappa shape index (κ1) is 32.1. The van der Waals surface area contributed by atoms with E-state index in [1.54, 1.807) is 0 Å². The fourth-order valence-electron chi connectivity index (χ4n) is 4.77. The van der Waals surface area contributed by atoms with E-state index in [0.29, 0.717) is 11.1 Å². The van der Waals surface area contributed by atoms with Crippen LogP contribution in [-0.2, 0) is 14.3 Å². The quantitative estimate of drug-likeness (QED) is 0.114. The molecule has 0 radical (unpaired) electrons. The summed E-state index contributed by atoms with van der Waals surface area (Å²) in [7, 11) is 2.57. The number of carbonyl (C=O) groups is 1. The van der Waals surface area contributed by atoms with Gasteiger partial charge in [-0.3, -0.25) is 4.79 Å². The monoisotopic (exact) mass is 638 g/mol. The molecule has 5 atom stereocenters. The number of ether oxygens (including phenoxy) is 5. The van der Waals surface area contributed by atoms with Crippen LogP contribution in [0.15, 0.2) is 69.9 Å². The Balaban J connectivity index is 1.36. The number of rotatable bonds is 9. The van der Waals surface area contributed by atoms with Crippen molar-refractivity contribution in [3.63, 3.8) is 0 Å². The van der Waals surface area contributed by atoms with E-state index >= 15 is 0 Å². The van der Waals surface area contributed by atoms with Gasteiger partial charge in [0.2, 0.25) is 12.0 Å². The number of phenolic OH excluding ortho intramolecular Hbond substituents is 3. The summed E-state index contributed by atoms with van der Waals surface area (Å²) >= 11 is 0. The lowest BCUT2D eigenvalue weighted by atomic mass is 9.99. The lowest BCUT2D eigenvalue weighted by Gasteiger charge is -2.40. The Kier molecular flexibility index (Phi) is 9.34. The summed E-state index contributed by atoms with van der Waals surface area (Å²) in [5, 5.41) is 61.6. The van der Waals surface area contributed by atoms with Crippen LogP contribution in [0.25, 0.3) is 28.4 Å². The molecule has 0 amide bonds. The van der Waals surface area contributed by atoms with Crippen LogP contribution >= 0.6 is 0 Å². The zero-order chi connectivity index (χ0) is 33.1. The van der Waals surface area contributed by atoms with Gasteiger partial charge in [-0.25, -0.2) is 4.79 Å². The average Bonchev–Trinajstić information content (AvgIpc) is 3.04. The topological polar surface area (TPSA) is 215 Å². The van der Waals surface area contributed by atoms with E-state index in [1.807, 2.05) is 0 Å². The molecule has 14 nitrogen and oxygen atoms in total. The molecule has 1 fully saturated rings. The molecule has 46 heavy (non-hydrogen) atoms. The lowest BCUT2D eigenvalue weighted by molar-refractivity contribution is -0.278. The highest BCUT2D eigenvalue weighted by atomic mass is 16.7. The van der Waals surface area contributed by atoms with Gasteiger partial charge >= 0.3 is 5.97 Å². The number of fused-ring (bicyclic) bond motifs is 1. The molecular weight excluding hydrogens is 608 g/mol. The molecule has 0 saturated carbocycles. The van der Waals surface area contributed by atoms with Crippen molar-refractivity contribution >= 4 is 23.0 Å². The maximum absolute atomic E-state index is 12.9. The number of benzene rings is 3. The average molecular weight is 639 g/mol. The van der Waals surface area contributed by atoms with Crippen molar-refractivity contribution in [3.8, 4) is 45.8 Å². The van der Waals surface area contributed by atoms with Crippen LogP contribution in [-0.4, -0.2) is 88.1 Å². The molecule has 242 valence electrons. The van der Waals surface area contributed by atoms with Gasteiger partial charge in [0.25, 0.3) is 0 Å². The molecule has 0 spiro atoms. The molecule has 1 aliphatic heterocycles. The Morgan fingerprint density at radius 3 is 2.33 bits per heavy atom. The minimum Gasteiger partial charge on any atom is -0.508 e. The van der Waals surface area contributed by atoms with Crippen LogP contribution in [0.1, 0.15) is 5.56 Å². The lowest BCUT2D eigenvalue weighted by Crippen LogP contribution is -2.60.